The molecule has 0 radical (unpaired) electrons. The predicted molar refractivity (Wildman–Crippen MR) is 90.7 cm³/mol. The summed E-state index contributed by atoms with van der Waals surface area (Å²) >= 11 is 0. The zero-order chi connectivity index (χ0) is 18.4. The summed E-state index contributed by atoms with van der Waals surface area (Å²) in [6.45, 7) is 3.99. The summed E-state index contributed by atoms with van der Waals surface area (Å²) < 4.78 is 5.31. The summed E-state index contributed by atoms with van der Waals surface area (Å²) in [6, 6.07) is 4.56. The third-order valence-corrected chi connectivity index (χ3v) is 3.91. The smallest absolute Gasteiger partial charge is 0.338 e. The van der Waals surface area contributed by atoms with E-state index in [-0.39, 0.29) is 5.69 Å². The van der Waals surface area contributed by atoms with Crippen molar-refractivity contribution in [2.24, 2.45) is 0 Å². The van der Waals surface area contributed by atoms with Crippen LogP contribution in [0.5, 0.6) is 0 Å². The molecule has 1 aromatic rings. The summed E-state index contributed by atoms with van der Waals surface area (Å²) in [4.78, 5) is 34.5. The van der Waals surface area contributed by atoms with Crippen LogP contribution in [0.4, 0.5) is 10.5 Å². The topological polar surface area (TPSA) is 111 Å². The Kier molecular flexibility index (Phi) is 6.10. The number of allylic oxidation sites excluding steroid dienone is 1. The van der Waals surface area contributed by atoms with Gasteiger partial charge in [0.1, 0.15) is 0 Å². The molecule has 8 nitrogen and oxygen atoms in total. The fourth-order valence-corrected chi connectivity index (χ4v) is 2.60. The molecule has 0 unspecified atom stereocenters. The highest BCUT2D eigenvalue weighted by Gasteiger charge is 2.32. The highest BCUT2D eigenvalue weighted by Crippen LogP contribution is 2.28. The van der Waals surface area contributed by atoms with Gasteiger partial charge in [0.15, 0.2) is 0 Å². The summed E-state index contributed by atoms with van der Waals surface area (Å²) in [6.07, 6.45) is 2.75. The lowest BCUT2D eigenvalue weighted by molar-refractivity contribution is -0.384. The number of unbranched alkanes of at least 4 members (excludes halogenated alkanes) is 2. The first-order valence-electron chi connectivity index (χ1n) is 8.13. The molecule has 2 N–H and O–H groups in total. The third kappa shape index (κ3) is 4.56. The number of nitrogens with zero attached hydrogens (tertiary/aromatic N) is 1. The van der Waals surface area contributed by atoms with Crippen LogP contribution in [-0.2, 0) is 9.53 Å². The Bertz CT molecular complexity index is 697. The number of non-ortho nitro benzene ring substituents is 1. The largest absolute Gasteiger partial charge is 0.462 e. The first-order chi connectivity index (χ1) is 11.9. The first-order valence-corrected chi connectivity index (χ1v) is 8.13. The molecule has 0 saturated heterocycles. The lowest BCUT2D eigenvalue weighted by Gasteiger charge is -2.28. The van der Waals surface area contributed by atoms with Crippen molar-refractivity contribution in [2.75, 3.05) is 6.61 Å². The number of urea groups is 1. The van der Waals surface area contributed by atoms with Crippen molar-refractivity contribution in [3.05, 3.63) is 51.2 Å². The summed E-state index contributed by atoms with van der Waals surface area (Å²) in [5.41, 5.74) is 1.21. The molecule has 0 bridgehead atoms. The Morgan fingerprint density at radius 2 is 1.96 bits per heavy atom. The van der Waals surface area contributed by atoms with Crippen molar-refractivity contribution in [3.8, 4) is 0 Å². The van der Waals surface area contributed by atoms with E-state index < -0.39 is 23.0 Å². The lowest BCUT2D eigenvalue weighted by Crippen LogP contribution is -2.45. The van der Waals surface area contributed by atoms with Crippen LogP contribution >= 0.6 is 0 Å². The van der Waals surface area contributed by atoms with Crippen LogP contribution in [0.25, 0.3) is 0 Å². The fourth-order valence-electron chi connectivity index (χ4n) is 2.60. The average molecular weight is 347 g/mol. The quantitative estimate of drug-likeness (QED) is 0.341. The van der Waals surface area contributed by atoms with Crippen LogP contribution in [0.2, 0.25) is 0 Å². The van der Waals surface area contributed by atoms with Gasteiger partial charge in [-0.1, -0.05) is 19.8 Å². The number of amides is 2. The molecule has 0 fully saturated rings. The van der Waals surface area contributed by atoms with E-state index in [1.807, 2.05) is 0 Å². The zero-order valence-electron chi connectivity index (χ0n) is 14.2. The Labute approximate surface area is 145 Å². The second-order valence-corrected chi connectivity index (χ2v) is 5.76. The van der Waals surface area contributed by atoms with Gasteiger partial charge in [0, 0.05) is 17.8 Å². The molecule has 2 rings (SSSR count). The van der Waals surface area contributed by atoms with Gasteiger partial charge in [-0.05, 0) is 31.0 Å². The minimum Gasteiger partial charge on any atom is -0.462 e. The van der Waals surface area contributed by atoms with Crippen molar-refractivity contribution in [2.45, 2.75) is 39.2 Å². The number of hydrogen-bond acceptors (Lipinski definition) is 5. The van der Waals surface area contributed by atoms with E-state index >= 15 is 0 Å². The normalized spacial score (nSPS) is 16.9. The minimum absolute atomic E-state index is 0.0617. The molecule has 0 aromatic heterocycles. The predicted octanol–water partition coefficient (Wildman–Crippen LogP) is 2.96. The van der Waals surface area contributed by atoms with E-state index in [9.17, 15) is 19.7 Å². The van der Waals surface area contributed by atoms with Crippen LogP contribution < -0.4 is 10.6 Å². The van der Waals surface area contributed by atoms with Crippen molar-refractivity contribution >= 4 is 17.7 Å². The maximum absolute atomic E-state index is 12.5. The van der Waals surface area contributed by atoms with Crippen molar-refractivity contribution in [1.29, 1.82) is 0 Å². The number of ether oxygens (including phenoxy) is 1. The van der Waals surface area contributed by atoms with Crippen LogP contribution in [0.15, 0.2) is 35.5 Å². The van der Waals surface area contributed by atoms with E-state index in [2.05, 4.69) is 17.6 Å². The summed E-state index contributed by atoms with van der Waals surface area (Å²) in [5.74, 6) is -0.510. The molecule has 1 atom stereocenters. The monoisotopic (exact) mass is 347 g/mol. The standard InChI is InChI=1S/C17H21N3O5/c1-3-4-5-10-25-16(21)14-11(2)18-17(22)19-15(14)12-6-8-13(9-7-12)20(23)24/h6-9,15H,3-5,10H2,1-2H3,(H2,18,19,22)/t15-/m0/s1. The number of nitro groups is 1. The van der Waals surface area contributed by atoms with Gasteiger partial charge in [-0.3, -0.25) is 10.1 Å². The maximum atomic E-state index is 12.5. The van der Waals surface area contributed by atoms with E-state index in [0.29, 0.717) is 23.4 Å². The molecule has 0 spiro atoms. The SMILES string of the molecule is CCCCCOC(=O)C1=C(C)NC(=O)N[C@H]1c1ccc([N+](=O)[O-])cc1. The van der Waals surface area contributed by atoms with E-state index in [1.165, 1.54) is 24.3 Å². The number of carbonyl (C=O) groups excluding carboxylic acids is 2. The highest BCUT2D eigenvalue weighted by atomic mass is 16.6. The maximum Gasteiger partial charge on any atom is 0.338 e. The van der Waals surface area contributed by atoms with Gasteiger partial charge >= 0.3 is 12.0 Å². The summed E-state index contributed by atoms with van der Waals surface area (Å²) in [5, 5.41) is 16.0. The fraction of sp³-hybridized carbons (Fsp3) is 0.412. The lowest BCUT2D eigenvalue weighted by atomic mass is 9.95. The minimum atomic E-state index is -0.715. The molecule has 1 aliphatic rings. The number of hydrogen-bond donors (Lipinski definition) is 2. The molecule has 0 saturated carbocycles. The highest BCUT2D eigenvalue weighted by molar-refractivity contribution is 5.95. The van der Waals surface area contributed by atoms with Crippen LogP contribution in [-0.4, -0.2) is 23.5 Å². The van der Waals surface area contributed by atoms with Gasteiger partial charge in [-0.2, -0.15) is 0 Å². The van der Waals surface area contributed by atoms with Gasteiger partial charge in [-0.25, -0.2) is 9.59 Å². The number of carbonyl (C=O) groups is 2. The molecule has 25 heavy (non-hydrogen) atoms. The Morgan fingerprint density at radius 3 is 2.56 bits per heavy atom. The zero-order valence-corrected chi connectivity index (χ0v) is 14.2. The van der Waals surface area contributed by atoms with Gasteiger partial charge in [0.2, 0.25) is 0 Å². The number of esters is 1. The molecular formula is C17H21N3O5. The summed E-state index contributed by atoms with van der Waals surface area (Å²) in [7, 11) is 0. The first kappa shape index (κ1) is 18.4. The van der Waals surface area contributed by atoms with Crippen LogP contribution in [0.1, 0.15) is 44.7 Å². The van der Waals surface area contributed by atoms with Crippen molar-refractivity contribution in [3.63, 3.8) is 0 Å². The van der Waals surface area contributed by atoms with E-state index in [1.54, 1.807) is 6.92 Å². The Morgan fingerprint density at radius 1 is 1.28 bits per heavy atom. The molecular weight excluding hydrogens is 326 g/mol. The number of benzene rings is 1. The second-order valence-electron chi connectivity index (χ2n) is 5.76. The van der Waals surface area contributed by atoms with Crippen molar-refractivity contribution in [1.82, 2.24) is 10.6 Å². The third-order valence-electron chi connectivity index (χ3n) is 3.91. The molecule has 0 aliphatic carbocycles. The Balaban J connectivity index is 2.23. The molecule has 1 aromatic carbocycles. The molecule has 1 heterocycles. The molecule has 1 aliphatic heterocycles. The molecule has 2 amide bonds. The number of nitrogens with one attached hydrogen (secondary N) is 2. The van der Waals surface area contributed by atoms with Gasteiger partial charge < -0.3 is 15.4 Å². The van der Waals surface area contributed by atoms with Crippen molar-refractivity contribution < 1.29 is 19.2 Å². The number of nitro benzene ring substituents is 1. The van der Waals surface area contributed by atoms with Gasteiger partial charge in [-0.15, -0.1) is 0 Å². The Hall–Kier alpha value is -2.90. The van der Waals surface area contributed by atoms with Crippen LogP contribution in [0, 0.1) is 10.1 Å². The average Bonchev–Trinajstić information content (AvgIpc) is 2.58. The van der Waals surface area contributed by atoms with E-state index in [4.69, 9.17) is 4.74 Å². The molecule has 8 heteroatoms. The number of rotatable bonds is 7. The van der Waals surface area contributed by atoms with Crippen LogP contribution in [0.3, 0.4) is 0 Å². The second kappa shape index (κ2) is 8.27. The molecule has 134 valence electrons. The van der Waals surface area contributed by atoms with Gasteiger partial charge in [0.05, 0.1) is 23.1 Å². The van der Waals surface area contributed by atoms with Gasteiger partial charge in [0.25, 0.3) is 5.69 Å². The van der Waals surface area contributed by atoms with E-state index in [0.717, 1.165) is 19.3 Å².